The van der Waals surface area contributed by atoms with Gasteiger partial charge in [0.05, 0.1) is 66.9 Å². The Morgan fingerprint density at radius 3 is 1.65 bits per heavy atom. The molecular formula is C54H57F6N13O10. The van der Waals surface area contributed by atoms with Crippen LogP contribution >= 0.6 is 0 Å². The maximum Gasteiger partial charge on any atom is 0.416 e. The van der Waals surface area contributed by atoms with Gasteiger partial charge in [0.1, 0.15) is 24.4 Å². The van der Waals surface area contributed by atoms with Crippen LogP contribution in [-0.2, 0) is 100 Å². The van der Waals surface area contributed by atoms with Crippen LogP contribution in [0.2, 0.25) is 0 Å². The fourth-order valence-electron chi connectivity index (χ4n) is 10.4. The zero-order valence-electron chi connectivity index (χ0n) is 45.5. The number of nitrogens with zero attached hydrogens (tertiary/aromatic N) is 13. The number of imidazole rings is 2. The summed E-state index contributed by atoms with van der Waals surface area (Å²) in [6.45, 7) is 4.80. The minimum Gasteiger partial charge on any atom is -0.444 e. The molecule has 83 heavy (non-hydrogen) atoms. The smallest absolute Gasteiger partial charge is 0.416 e. The van der Waals surface area contributed by atoms with Gasteiger partial charge in [-0.15, -0.1) is 0 Å². The number of hydrogen-bond acceptors (Lipinski definition) is 15. The molecule has 0 amide bonds. The number of likely N-dealkylation sites (tertiary alicyclic amines) is 1. The molecule has 2 saturated heterocycles. The second-order valence-electron chi connectivity index (χ2n) is 20.4. The molecule has 0 aliphatic carbocycles. The van der Waals surface area contributed by atoms with Crippen molar-refractivity contribution >= 4 is 34.3 Å². The van der Waals surface area contributed by atoms with Crippen molar-refractivity contribution in [3.63, 3.8) is 0 Å². The highest BCUT2D eigenvalue weighted by molar-refractivity contribution is 5.79. The summed E-state index contributed by atoms with van der Waals surface area (Å²) in [6, 6.07) is 8.22. The highest BCUT2D eigenvalue weighted by atomic mass is 19.4. The highest BCUT2D eigenvalue weighted by Gasteiger charge is 2.35. The Morgan fingerprint density at radius 1 is 0.627 bits per heavy atom. The number of ether oxygens (including phenoxy) is 4. The molecule has 8 aromatic rings. The van der Waals surface area contributed by atoms with E-state index in [9.17, 15) is 55.1 Å². The third-order valence-electron chi connectivity index (χ3n) is 14.5. The number of aromatic nitrogens is 12. The minimum atomic E-state index is -4.79. The van der Waals surface area contributed by atoms with E-state index >= 15 is 0 Å². The van der Waals surface area contributed by atoms with Crippen molar-refractivity contribution in [3.8, 4) is 22.8 Å². The number of aryl methyl sites for hydroxylation is 3. The van der Waals surface area contributed by atoms with Crippen LogP contribution in [0.15, 0.2) is 86.4 Å². The Morgan fingerprint density at radius 2 is 1.13 bits per heavy atom. The van der Waals surface area contributed by atoms with Crippen molar-refractivity contribution in [2.24, 2.45) is 11.8 Å². The Hall–Kier alpha value is -8.44. The van der Waals surface area contributed by atoms with Gasteiger partial charge in [-0.3, -0.25) is 55.9 Å². The number of carbonyl (C=O) groups excluding carboxylic acids is 2. The summed E-state index contributed by atoms with van der Waals surface area (Å²) < 4.78 is 116. The van der Waals surface area contributed by atoms with E-state index in [2.05, 4.69) is 20.2 Å². The van der Waals surface area contributed by atoms with E-state index in [0.717, 1.165) is 33.4 Å². The SMILES string of the molecule is CCCn1c(=O)c2c(nc(-c3cnn(Cc4cc(CCCn5c(=O)c6c(nc(-c7cnn(Cc8cccc(C(F)(F)F)c8)c7)n6COC(=O)C6CN(C)C6)n(CC)c5=O)cc(C(F)(F)F)c4)c3)n2COC(=O)C2COCOC2)n(CC)c1=O. The van der Waals surface area contributed by atoms with E-state index in [0.29, 0.717) is 25.1 Å². The largest absolute Gasteiger partial charge is 0.444 e. The first-order valence-corrected chi connectivity index (χ1v) is 26.7. The van der Waals surface area contributed by atoms with Gasteiger partial charge >= 0.3 is 35.7 Å². The van der Waals surface area contributed by atoms with Crippen LogP contribution in [0.4, 0.5) is 26.3 Å². The molecular weight excluding hydrogens is 1100 g/mol. The summed E-state index contributed by atoms with van der Waals surface area (Å²) in [4.78, 5) is 94.0. The molecule has 0 bridgehead atoms. The van der Waals surface area contributed by atoms with Crippen LogP contribution in [0.3, 0.4) is 0 Å². The molecule has 29 heteroatoms. The first kappa shape index (κ1) is 57.8. The molecule has 0 atom stereocenters. The van der Waals surface area contributed by atoms with Crippen molar-refractivity contribution < 1.29 is 54.9 Å². The minimum absolute atomic E-state index is 0.00506. The molecule has 6 aromatic heterocycles. The zero-order chi connectivity index (χ0) is 59.1. The molecule has 0 radical (unpaired) electrons. The van der Waals surface area contributed by atoms with E-state index in [1.807, 2.05) is 11.9 Å². The van der Waals surface area contributed by atoms with E-state index in [1.165, 1.54) is 64.6 Å². The molecule has 8 heterocycles. The molecule has 2 aliphatic heterocycles. The predicted molar refractivity (Wildman–Crippen MR) is 283 cm³/mol. The molecule has 0 saturated carbocycles. The molecule has 0 N–H and O–H groups in total. The summed E-state index contributed by atoms with van der Waals surface area (Å²) >= 11 is 0. The molecule has 2 aliphatic rings. The van der Waals surface area contributed by atoms with Crippen LogP contribution in [0.1, 0.15) is 61.4 Å². The summed E-state index contributed by atoms with van der Waals surface area (Å²) in [7, 11) is 1.83. The van der Waals surface area contributed by atoms with Crippen LogP contribution in [0, 0.1) is 11.8 Å². The molecule has 2 aromatic carbocycles. The third-order valence-corrected chi connectivity index (χ3v) is 14.5. The van der Waals surface area contributed by atoms with Gasteiger partial charge in [-0.2, -0.15) is 36.5 Å². The van der Waals surface area contributed by atoms with E-state index in [4.69, 9.17) is 18.9 Å². The van der Waals surface area contributed by atoms with Crippen LogP contribution in [0.5, 0.6) is 0 Å². The van der Waals surface area contributed by atoms with Gasteiger partial charge in [-0.25, -0.2) is 19.6 Å². The number of halogens is 6. The number of rotatable bonds is 20. The van der Waals surface area contributed by atoms with Gasteiger partial charge in [-0.1, -0.05) is 25.1 Å². The third kappa shape index (κ3) is 11.8. The van der Waals surface area contributed by atoms with Crippen molar-refractivity contribution in [3.05, 3.63) is 137 Å². The molecule has 440 valence electrons. The van der Waals surface area contributed by atoms with E-state index in [-0.39, 0.29) is 128 Å². The lowest BCUT2D eigenvalue weighted by molar-refractivity contribution is -0.174. The Kier molecular flexibility index (Phi) is 16.3. The number of benzene rings is 2. The van der Waals surface area contributed by atoms with Crippen LogP contribution in [-0.4, -0.2) is 114 Å². The van der Waals surface area contributed by atoms with E-state index in [1.54, 1.807) is 26.8 Å². The summed E-state index contributed by atoms with van der Waals surface area (Å²) in [5.74, 6) is -2.28. The van der Waals surface area contributed by atoms with Crippen molar-refractivity contribution in [2.45, 2.75) is 105 Å². The summed E-state index contributed by atoms with van der Waals surface area (Å²) in [6.07, 6.45) is -3.25. The number of esters is 2. The zero-order valence-corrected chi connectivity index (χ0v) is 45.5. The van der Waals surface area contributed by atoms with Crippen molar-refractivity contribution in [1.82, 2.24) is 61.8 Å². The molecule has 2 fully saturated rings. The quantitative estimate of drug-likeness (QED) is 0.0708. The average Bonchev–Trinajstić information content (AvgIpc) is 3.39. The number of fused-ring (bicyclic) bond motifs is 2. The van der Waals surface area contributed by atoms with Crippen LogP contribution in [0.25, 0.3) is 45.1 Å². The van der Waals surface area contributed by atoms with Gasteiger partial charge in [0.25, 0.3) is 11.1 Å². The summed E-state index contributed by atoms with van der Waals surface area (Å²) in [5, 5.41) is 8.75. The second kappa shape index (κ2) is 23.4. The molecule has 23 nitrogen and oxygen atoms in total. The Balaban J connectivity index is 0.938. The molecule has 0 unspecified atom stereocenters. The second-order valence-corrected chi connectivity index (χ2v) is 20.4. The molecule has 10 rings (SSSR count). The van der Waals surface area contributed by atoms with Gasteiger partial charge in [0.2, 0.25) is 0 Å². The Bertz CT molecular complexity index is 4000. The van der Waals surface area contributed by atoms with Gasteiger partial charge in [0, 0.05) is 51.7 Å². The number of hydrogen-bond donors (Lipinski definition) is 0. The van der Waals surface area contributed by atoms with Crippen molar-refractivity contribution in [2.75, 3.05) is 40.1 Å². The molecule has 0 spiro atoms. The van der Waals surface area contributed by atoms with Gasteiger partial charge in [0.15, 0.2) is 35.8 Å². The monoisotopic (exact) mass is 1160 g/mol. The van der Waals surface area contributed by atoms with Crippen molar-refractivity contribution in [1.29, 1.82) is 0 Å². The Labute approximate surface area is 466 Å². The summed E-state index contributed by atoms with van der Waals surface area (Å²) in [5.41, 5.74) is -3.62. The average molecular weight is 1160 g/mol. The van der Waals surface area contributed by atoms with Gasteiger partial charge < -0.3 is 23.8 Å². The lowest BCUT2D eigenvalue weighted by atomic mass is 10.0. The predicted octanol–water partition coefficient (Wildman–Crippen LogP) is 5.16. The standard InChI is InChI=1S/C54H57F6N13O10/c1-5-13-70-47(74)41-45(68(6-2)51(70)78)63-44(73(41)30-83-50(77)38-27-80-31-81-28-38)36-20-62-67(26-36)22-34-15-32(16-40(18-34)54(58,59)60)11-9-14-71-48(75)42-46(69(7-3)52(71)79)64-43(72(42)29-82-49(76)37-23-65(4)24-37)35-19-61-66(25-35)21-33-10-8-12-39(17-33)53(55,56)57/h8,10,12,15-20,25-26,37-38H,5-7,9,11,13-14,21-24,27-31H2,1-4H3. The maximum absolute atomic E-state index is 14.6. The lowest BCUT2D eigenvalue weighted by Gasteiger charge is -2.34. The van der Waals surface area contributed by atoms with Gasteiger partial charge in [-0.05, 0) is 81.1 Å². The highest BCUT2D eigenvalue weighted by Crippen LogP contribution is 2.33. The first-order valence-electron chi connectivity index (χ1n) is 26.7. The topological polar surface area (TPSA) is 234 Å². The number of alkyl halides is 6. The fraction of sp³-hybridized carbons (Fsp3) is 0.444. The lowest BCUT2D eigenvalue weighted by Crippen LogP contribution is -2.48. The van der Waals surface area contributed by atoms with E-state index < -0.39 is 83.2 Å². The fourth-order valence-corrected chi connectivity index (χ4v) is 10.4. The maximum atomic E-state index is 14.6. The first-order chi connectivity index (χ1) is 39.6. The number of carbonyl (C=O) groups is 2. The normalized spacial score (nSPS) is 14.7. The van der Waals surface area contributed by atoms with Crippen LogP contribution < -0.4 is 22.5 Å².